The molecule has 1 atom stereocenters. The van der Waals surface area contributed by atoms with Crippen molar-refractivity contribution in [3.8, 4) is 5.75 Å². The molecule has 2 aromatic rings. The number of hydrogen-bond donors (Lipinski definition) is 1. The highest BCUT2D eigenvalue weighted by molar-refractivity contribution is 9.10. The number of aromatic amines is 1. The van der Waals surface area contributed by atoms with Crippen LogP contribution >= 0.6 is 15.9 Å². The van der Waals surface area contributed by atoms with E-state index >= 15 is 0 Å². The number of nitrogens with zero attached hydrogens (tertiary/aromatic N) is 5. The molecule has 1 amide bonds. The first kappa shape index (κ1) is 24.9. The normalized spacial score (nSPS) is 15.4. The lowest BCUT2D eigenvalue weighted by Crippen LogP contribution is -2.49. The van der Waals surface area contributed by atoms with Crippen LogP contribution in [0.5, 0.6) is 5.75 Å². The number of nitrogens with one attached hydrogen (secondary N) is 1. The molecule has 14 heteroatoms. The lowest BCUT2D eigenvalue weighted by atomic mass is 10.3. The first-order valence-corrected chi connectivity index (χ1v) is 10.8. The van der Waals surface area contributed by atoms with Gasteiger partial charge in [-0.1, -0.05) is 0 Å². The van der Waals surface area contributed by atoms with Gasteiger partial charge in [-0.05, 0) is 22.9 Å². The minimum Gasteiger partial charge on any atom is -0.485 e. The van der Waals surface area contributed by atoms with Crippen LogP contribution < -0.4 is 15.2 Å². The minimum atomic E-state index is -4.48. The number of carbonyl (C=O) groups is 1. The summed E-state index contributed by atoms with van der Waals surface area (Å²) in [6, 6.07) is 0. The molecular weight excluding hydrogens is 513 g/mol. The fraction of sp³-hybridized carbons (Fsp3) is 0.526. The average Bonchev–Trinajstić information content (AvgIpc) is 2.79. The van der Waals surface area contributed by atoms with Crippen LogP contribution in [0, 0.1) is 0 Å². The number of ether oxygens (including phenoxy) is 2. The zero-order valence-electron chi connectivity index (χ0n) is 17.6. The van der Waals surface area contributed by atoms with Gasteiger partial charge >= 0.3 is 6.18 Å². The van der Waals surface area contributed by atoms with Crippen LogP contribution in [0.2, 0.25) is 0 Å². The van der Waals surface area contributed by atoms with Crippen molar-refractivity contribution in [2.24, 2.45) is 0 Å². The van der Waals surface area contributed by atoms with Gasteiger partial charge in [-0.15, -0.1) is 0 Å². The third-order valence-electron chi connectivity index (χ3n) is 4.79. The zero-order valence-corrected chi connectivity index (χ0v) is 19.2. The second kappa shape index (κ2) is 10.9. The number of piperazine rings is 1. The molecule has 0 aromatic carbocycles. The molecule has 0 radical (unpaired) electrons. The largest absolute Gasteiger partial charge is 0.485 e. The van der Waals surface area contributed by atoms with E-state index in [1.165, 1.54) is 6.20 Å². The molecule has 1 unspecified atom stereocenters. The standard InChI is InChI=1S/C19H22BrF3N6O4/c1-12(33-14-10-26-27-17(31)16(14)20)11-32-7-2-15(30)28-3-5-29(6-4-28)18-24-8-13(9-25-18)19(21,22)23/h8-10,12H,2-7,11H2,1H3,(H,27,31). The van der Waals surface area contributed by atoms with Gasteiger partial charge in [-0.3, -0.25) is 9.59 Å². The minimum absolute atomic E-state index is 0.0851. The Kier molecular flexibility index (Phi) is 8.24. The summed E-state index contributed by atoms with van der Waals surface area (Å²) in [4.78, 5) is 34.9. The molecule has 0 saturated carbocycles. The van der Waals surface area contributed by atoms with E-state index in [0.29, 0.717) is 31.9 Å². The predicted octanol–water partition coefficient (Wildman–Crippen LogP) is 1.86. The lowest BCUT2D eigenvalue weighted by molar-refractivity contribution is -0.138. The van der Waals surface area contributed by atoms with Crippen LogP contribution in [0.15, 0.2) is 27.9 Å². The number of H-pyrrole nitrogens is 1. The van der Waals surface area contributed by atoms with Crippen molar-refractivity contribution >= 4 is 27.8 Å². The molecule has 10 nitrogen and oxygen atoms in total. The Hall–Kier alpha value is -2.74. The summed E-state index contributed by atoms with van der Waals surface area (Å²) in [6.07, 6.45) is -1.78. The van der Waals surface area contributed by atoms with Crippen molar-refractivity contribution in [1.29, 1.82) is 0 Å². The van der Waals surface area contributed by atoms with Crippen molar-refractivity contribution < 1.29 is 27.4 Å². The molecule has 3 heterocycles. The molecular formula is C19H22BrF3N6O4. The maximum atomic E-state index is 12.6. The predicted molar refractivity (Wildman–Crippen MR) is 114 cm³/mol. The van der Waals surface area contributed by atoms with E-state index < -0.39 is 17.3 Å². The summed E-state index contributed by atoms with van der Waals surface area (Å²) in [5.41, 5.74) is -1.31. The molecule has 0 spiro atoms. The van der Waals surface area contributed by atoms with E-state index in [1.54, 1.807) is 16.7 Å². The van der Waals surface area contributed by atoms with E-state index in [4.69, 9.17) is 9.47 Å². The number of hydrogen-bond acceptors (Lipinski definition) is 8. The van der Waals surface area contributed by atoms with E-state index in [1.807, 2.05) is 0 Å². The number of amides is 1. The Bertz CT molecular complexity index is 996. The highest BCUT2D eigenvalue weighted by atomic mass is 79.9. The smallest absolute Gasteiger partial charge is 0.419 e. The summed E-state index contributed by atoms with van der Waals surface area (Å²) < 4.78 is 49.2. The van der Waals surface area contributed by atoms with E-state index in [0.717, 1.165) is 12.4 Å². The summed E-state index contributed by atoms with van der Waals surface area (Å²) in [6.45, 7) is 3.83. The zero-order chi connectivity index (χ0) is 24.0. The number of aromatic nitrogens is 4. The van der Waals surface area contributed by atoms with Crippen LogP contribution in [0.3, 0.4) is 0 Å². The van der Waals surface area contributed by atoms with Gasteiger partial charge in [-0.2, -0.15) is 18.3 Å². The second-order valence-corrected chi connectivity index (χ2v) is 8.06. The first-order valence-electron chi connectivity index (χ1n) is 10.0. The highest BCUT2D eigenvalue weighted by Crippen LogP contribution is 2.28. The Labute approximate surface area is 195 Å². The maximum absolute atomic E-state index is 12.6. The van der Waals surface area contributed by atoms with Crippen molar-refractivity contribution in [1.82, 2.24) is 25.1 Å². The third-order valence-corrected chi connectivity index (χ3v) is 5.54. The van der Waals surface area contributed by atoms with Crippen LogP contribution in [-0.4, -0.2) is 76.5 Å². The van der Waals surface area contributed by atoms with E-state index in [-0.39, 0.29) is 42.1 Å². The fourth-order valence-corrected chi connectivity index (χ4v) is 3.34. The molecule has 1 N–H and O–H groups in total. The third kappa shape index (κ3) is 6.87. The Balaban J connectivity index is 1.36. The number of anilines is 1. The van der Waals surface area contributed by atoms with Gasteiger partial charge in [0.15, 0.2) is 5.75 Å². The van der Waals surface area contributed by atoms with Crippen molar-refractivity contribution in [3.05, 3.63) is 39.0 Å². The maximum Gasteiger partial charge on any atom is 0.419 e. The van der Waals surface area contributed by atoms with Gasteiger partial charge in [0.25, 0.3) is 5.56 Å². The second-order valence-electron chi connectivity index (χ2n) is 7.27. The molecule has 1 saturated heterocycles. The van der Waals surface area contributed by atoms with E-state index in [9.17, 15) is 22.8 Å². The molecule has 1 fully saturated rings. The lowest BCUT2D eigenvalue weighted by Gasteiger charge is -2.34. The van der Waals surface area contributed by atoms with Crippen molar-refractivity contribution in [2.75, 3.05) is 44.3 Å². The monoisotopic (exact) mass is 534 g/mol. The summed E-state index contributed by atoms with van der Waals surface area (Å²) >= 11 is 3.13. The van der Waals surface area contributed by atoms with Gasteiger partial charge in [0.05, 0.1) is 31.4 Å². The van der Waals surface area contributed by atoms with Gasteiger partial charge in [0.1, 0.15) is 10.6 Å². The summed E-state index contributed by atoms with van der Waals surface area (Å²) in [5, 5.41) is 5.94. The summed E-state index contributed by atoms with van der Waals surface area (Å²) in [7, 11) is 0. The molecule has 0 bridgehead atoms. The average molecular weight is 535 g/mol. The van der Waals surface area contributed by atoms with Crippen molar-refractivity contribution in [2.45, 2.75) is 25.6 Å². The molecule has 1 aliphatic heterocycles. The SMILES string of the molecule is CC(COCCC(=O)N1CCN(c2ncc(C(F)(F)F)cn2)CC1)Oc1cn[nH]c(=O)c1Br. The van der Waals surface area contributed by atoms with E-state index in [2.05, 4.69) is 36.1 Å². The molecule has 2 aromatic heterocycles. The summed E-state index contributed by atoms with van der Waals surface area (Å²) in [5.74, 6) is 0.411. The fourth-order valence-electron chi connectivity index (χ4n) is 3.05. The number of halogens is 4. The van der Waals surface area contributed by atoms with Crippen LogP contribution in [0.1, 0.15) is 18.9 Å². The Morgan fingerprint density at radius 3 is 2.52 bits per heavy atom. The molecule has 180 valence electrons. The molecule has 1 aliphatic rings. The van der Waals surface area contributed by atoms with Crippen molar-refractivity contribution in [3.63, 3.8) is 0 Å². The number of carbonyl (C=O) groups excluding carboxylic acids is 1. The van der Waals surface area contributed by atoms with Crippen LogP contribution in [-0.2, 0) is 15.7 Å². The van der Waals surface area contributed by atoms with Crippen LogP contribution in [0.4, 0.5) is 19.1 Å². The molecule has 0 aliphatic carbocycles. The van der Waals surface area contributed by atoms with Gasteiger partial charge in [0, 0.05) is 38.6 Å². The Morgan fingerprint density at radius 2 is 1.88 bits per heavy atom. The molecule has 33 heavy (non-hydrogen) atoms. The molecule has 3 rings (SSSR count). The topological polar surface area (TPSA) is 114 Å². The Morgan fingerprint density at radius 1 is 1.21 bits per heavy atom. The van der Waals surface area contributed by atoms with Gasteiger partial charge in [0.2, 0.25) is 11.9 Å². The van der Waals surface area contributed by atoms with Gasteiger partial charge < -0.3 is 19.3 Å². The van der Waals surface area contributed by atoms with Crippen LogP contribution in [0.25, 0.3) is 0 Å². The quantitative estimate of drug-likeness (QED) is 0.510. The number of alkyl halides is 3. The number of rotatable bonds is 8. The highest BCUT2D eigenvalue weighted by Gasteiger charge is 2.32. The first-order chi connectivity index (χ1) is 15.6. The van der Waals surface area contributed by atoms with Gasteiger partial charge in [-0.25, -0.2) is 15.1 Å².